The first kappa shape index (κ1) is 18.2. The standard InChI is InChI=1S/C23H19F2N5O/c1-12-9-28-29(10-12)15-6-16(24)21(17(25)7-15)22-20(13-2-3-13)23(31)30(22)14-4-5-18-19(8-14)27-11-26-18/h4-11,13,20,22H,2-3H2,1H3,(H,26,27)/t20-,22-/m1/s1. The molecule has 1 saturated carbocycles. The lowest BCUT2D eigenvalue weighted by Crippen LogP contribution is -2.56. The average Bonchev–Trinajstić information content (AvgIpc) is 3.26. The minimum atomic E-state index is -0.672. The van der Waals surface area contributed by atoms with Gasteiger partial charge in [-0.25, -0.2) is 18.4 Å². The number of aromatic amines is 1. The highest BCUT2D eigenvalue weighted by Gasteiger charge is 2.56. The fourth-order valence-electron chi connectivity index (χ4n) is 4.64. The van der Waals surface area contributed by atoms with E-state index in [0.29, 0.717) is 11.4 Å². The van der Waals surface area contributed by atoms with E-state index in [0.717, 1.165) is 29.4 Å². The van der Waals surface area contributed by atoms with Crippen molar-refractivity contribution in [1.29, 1.82) is 0 Å². The number of rotatable bonds is 4. The number of hydrogen-bond donors (Lipinski definition) is 1. The largest absolute Gasteiger partial charge is 0.345 e. The van der Waals surface area contributed by atoms with Gasteiger partial charge >= 0.3 is 0 Å². The van der Waals surface area contributed by atoms with E-state index in [1.165, 1.54) is 21.7 Å². The number of amides is 1. The summed E-state index contributed by atoms with van der Waals surface area (Å²) >= 11 is 0. The van der Waals surface area contributed by atoms with Crippen LogP contribution < -0.4 is 4.90 Å². The van der Waals surface area contributed by atoms with Gasteiger partial charge in [0.2, 0.25) is 5.91 Å². The maximum Gasteiger partial charge on any atom is 0.233 e. The Hall–Kier alpha value is -3.55. The van der Waals surface area contributed by atoms with Gasteiger partial charge in [0.15, 0.2) is 0 Å². The third-order valence-corrected chi connectivity index (χ3v) is 6.29. The monoisotopic (exact) mass is 419 g/mol. The summed E-state index contributed by atoms with van der Waals surface area (Å²) in [5.41, 5.74) is 3.28. The number of H-pyrrole nitrogens is 1. The van der Waals surface area contributed by atoms with Crippen molar-refractivity contribution in [2.24, 2.45) is 11.8 Å². The molecule has 2 fully saturated rings. The Morgan fingerprint density at radius 1 is 1.10 bits per heavy atom. The van der Waals surface area contributed by atoms with Crippen molar-refractivity contribution in [2.45, 2.75) is 25.8 Å². The molecule has 1 aliphatic heterocycles. The van der Waals surface area contributed by atoms with Gasteiger partial charge in [-0.1, -0.05) is 0 Å². The Morgan fingerprint density at radius 2 is 1.87 bits per heavy atom. The summed E-state index contributed by atoms with van der Waals surface area (Å²) in [4.78, 5) is 21.8. The third kappa shape index (κ3) is 2.78. The summed E-state index contributed by atoms with van der Waals surface area (Å²) in [6.07, 6.45) is 6.73. The van der Waals surface area contributed by atoms with Crippen LogP contribution in [0.4, 0.5) is 14.5 Å². The molecule has 0 bridgehead atoms. The van der Waals surface area contributed by atoms with Crippen molar-refractivity contribution in [3.8, 4) is 5.69 Å². The van der Waals surface area contributed by atoms with Crippen molar-refractivity contribution in [3.63, 3.8) is 0 Å². The van der Waals surface area contributed by atoms with Gasteiger partial charge < -0.3 is 9.88 Å². The number of carbonyl (C=O) groups excluding carboxylic acids is 1. The fourth-order valence-corrected chi connectivity index (χ4v) is 4.64. The predicted molar refractivity (Wildman–Crippen MR) is 111 cm³/mol. The normalized spacial score (nSPS) is 21.0. The van der Waals surface area contributed by atoms with Crippen LogP contribution in [0.15, 0.2) is 49.1 Å². The van der Waals surface area contributed by atoms with E-state index < -0.39 is 23.6 Å². The molecule has 0 unspecified atom stereocenters. The number of hydrogen-bond acceptors (Lipinski definition) is 3. The lowest BCUT2D eigenvalue weighted by molar-refractivity contribution is -0.131. The maximum atomic E-state index is 15.3. The third-order valence-electron chi connectivity index (χ3n) is 6.29. The second-order valence-electron chi connectivity index (χ2n) is 8.41. The Morgan fingerprint density at radius 3 is 2.55 bits per heavy atom. The van der Waals surface area contributed by atoms with Gasteiger partial charge in [0, 0.05) is 29.6 Å². The molecule has 1 amide bonds. The number of aromatic nitrogens is 4. The number of β-lactam (4-membered cyclic amide) rings is 1. The number of nitrogens with zero attached hydrogens (tertiary/aromatic N) is 4. The van der Waals surface area contributed by atoms with E-state index in [1.54, 1.807) is 36.9 Å². The van der Waals surface area contributed by atoms with E-state index in [4.69, 9.17) is 0 Å². The molecule has 2 aromatic carbocycles. The van der Waals surface area contributed by atoms with Crippen molar-refractivity contribution >= 4 is 22.6 Å². The molecular weight excluding hydrogens is 400 g/mol. The number of fused-ring (bicyclic) bond motifs is 1. The molecule has 0 radical (unpaired) electrons. The molecule has 6 nitrogen and oxygen atoms in total. The molecule has 1 aliphatic carbocycles. The molecule has 2 aromatic heterocycles. The van der Waals surface area contributed by atoms with E-state index in [-0.39, 0.29) is 17.4 Å². The van der Waals surface area contributed by atoms with Crippen LogP contribution in [-0.4, -0.2) is 25.7 Å². The van der Waals surface area contributed by atoms with Crippen LogP contribution >= 0.6 is 0 Å². The quantitative estimate of drug-likeness (QED) is 0.497. The summed E-state index contributed by atoms with van der Waals surface area (Å²) in [5, 5.41) is 4.14. The van der Waals surface area contributed by atoms with Gasteiger partial charge in [0.05, 0.1) is 41.2 Å². The highest BCUT2D eigenvalue weighted by molar-refractivity contribution is 6.04. The number of benzene rings is 2. The number of carbonyl (C=O) groups is 1. The van der Waals surface area contributed by atoms with Gasteiger partial charge in [-0.3, -0.25) is 4.79 Å². The Kier molecular flexibility index (Phi) is 3.81. The van der Waals surface area contributed by atoms with Gasteiger partial charge in [-0.15, -0.1) is 0 Å². The van der Waals surface area contributed by atoms with Crippen LogP contribution in [0, 0.1) is 30.4 Å². The molecule has 1 N–H and O–H groups in total. The number of anilines is 1. The molecule has 6 rings (SSSR count). The predicted octanol–water partition coefficient (Wildman–Crippen LogP) is 4.45. The first-order valence-electron chi connectivity index (χ1n) is 10.3. The molecule has 1 saturated heterocycles. The summed E-state index contributed by atoms with van der Waals surface area (Å²) in [6, 6.07) is 7.27. The highest BCUT2D eigenvalue weighted by atomic mass is 19.1. The molecule has 0 spiro atoms. The molecule has 2 atom stereocenters. The maximum absolute atomic E-state index is 15.3. The summed E-state index contributed by atoms with van der Waals surface area (Å²) in [6.45, 7) is 1.86. The van der Waals surface area contributed by atoms with Crippen molar-refractivity contribution in [3.05, 3.63) is 71.8 Å². The number of aryl methyl sites for hydroxylation is 1. The number of nitrogens with one attached hydrogen (secondary N) is 1. The highest BCUT2D eigenvalue weighted by Crippen LogP contribution is 2.54. The molecule has 156 valence electrons. The molecule has 4 aromatic rings. The van der Waals surface area contributed by atoms with Crippen molar-refractivity contribution < 1.29 is 13.6 Å². The van der Waals surface area contributed by atoms with Crippen LogP contribution in [0.25, 0.3) is 16.7 Å². The first-order chi connectivity index (χ1) is 15.0. The Bertz CT molecular complexity index is 1320. The zero-order valence-corrected chi connectivity index (χ0v) is 16.7. The average molecular weight is 419 g/mol. The molecule has 2 aliphatic rings. The molecule has 31 heavy (non-hydrogen) atoms. The van der Waals surface area contributed by atoms with Crippen LogP contribution in [0.2, 0.25) is 0 Å². The summed E-state index contributed by atoms with van der Waals surface area (Å²) in [5.74, 6) is -1.65. The number of imidazole rings is 1. The van der Waals surface area contributed by atoms with Gasteiger partial charge in [-0.2, -0.15) is 5.10 Å². The zero-order valence-electron chi connectivity index (χ0n) is 16.7. The topological polar surface area (TPSA) is 66.8 Å². The minimum Gasteiger partial charge on any atom is -0.345 e. The van der Waals surface area contributed by atoms with Crippen molar-refractivity contribution in [2.75, 3.05) is 4.90 Å². The minimum absolute atomic E-state index is 0.0613. The van der Waals surface area contributed by atoms with Crippen LogP contribution in [0.3, 0.4) is 0 Å². The van der Waals surface area contributed by atoms with Crippen LogP contribution in [0.1, 0.15) is 30.0 Å². The van der Waals surface area contributed by atoms with Crippen LogP contribution in [-0.2, 0) is 4.79 Å². The molecular formula is C23H19F2N5O. The zero-order chi connectivity index (χ0) is 21.3. The molecule has 3 heterocycles. The summed E-state index contributed by atoms with van der Waals surface area (Å²) in [7, 11) is 0. The Balaban J connectivity index is 1.44. The lowest BCUT2D eigenvalue weighted by Gasteiger charge is -2.48. The van der Waals surface area contributed by atoms with Gasteiger partial charge in [-0.05, 0) is 49.4 Å². The van der Waals surface area contributed by atoms with Crippen LogP contribution in [0.5, 0.6) is 0 Å². The second kappa shape index (κ2) is 6.47. The lowest BCUT2D eigenvalue weighted by atomic mass is 9.78. The smallest absolute Gasteiger partial charge is 0.233 e. The van der Waals surface area contributed by atoms with E-state index in [1.807, 2.05) is 6.92 Å². The van der Waals surface area contributed by atoms with Crippen molar-refractivity contribution in [1.82, 2.24) is 19.7 Å². The number of halogens is 2. The summed E-state index contributed by atoms with van der Waals surface area (Å²) < 4.78 is 32.1. The van der Waals surface area contributed by atoms with E-state index in [9.17, 15) is 4.79 Å². The second-order valence-corrected chi connectivity index (χ2v) is 8.41. The van der Waals surface area contributed by atoms with E-state index in [2.05, 4.69) is 15.1 Å². The van der Waals surface area contributed by atoms with Gasteiger partial charge in [0.25, 0.3) is 0 Å². The van der Waals surface area contributed by atoms with E-state index >= 15 is 8.78 Å². The fraction of sp³-hybridized carbons (Fsp3) is 0.261. The van der Waals surface area contributed by atoms with Gasteiger partial charge in [0.1, 0.15) is 11.6 Å². The Labute approximate surface area is 176 Å². The SMILES string of the molecule is Cc1cnn(-c2cc(F)c([C@H]3[C@@H](C4CC4)C(=O)N3c3ccc4nc[nH]c4c3)c(F)c2)c1. The molecule has 8 heteroatoms. The first-order valence-corrected chi connectivity index (χ1v) is 10.3.